The lowest BCUT2D eigenvalue weighted by atomic mass is 9.88. The lowest BCUT2D eigenvalue weighted by Crippen LogP contribution is -2.41. The van der Waals surface area contributed by atoms with Gasteiger partial charge in [0.15, 0.2) is 0 Å². The zero-order valence-corrected chi connectivity index (χ0v) is 11.6. The number of aryl methyl sites for hydroxylation is 1. The number of carbonyl (C=O) groups is 2. The number of nitrogens with one attached hydrogen (secondary N) is 2. The van der Waals surface area contributed by atoms with Gasteiger partial charge in [0.05, 0.1) is 11.6 Å². The molecule has 2 rings (SSSR count). The fourth-order valence-electron chi connectivity index (χ4n) is 2.36. The molecule has 0 saturated carbocycles. The van der Waals surface area contributed by atoms with Crippen LogP contribution in [0.3, 0.4) is 0 Å². The highest BCUT2D eigenvalue weighted by Crippen LogP contribution is 2.30. The Bertz CT molecular complexity index is 497. The Kier molecular flexibility index (Phi) is 3.59. The number of nitrogens with zero attached hydrogens (tertiary/aromatic N) is 2. The van der Waals surface area contributed by atoms with E-state index in [4.69, 9.17) is 0 Å². The number of aromatic nitrogens is 2. The quantitative estimate of drug-likeness (QED) is 0.839. The average Bonchev–Trinajstić information content (AvgIpc) is 2.94. The second kappa shape index (κ2) is 5.03. The van der Waals surface area contributed by atoms with E-state index in [1.54, 1.807) is 18.0 Å². The Morgan fingerprint density at radius 3 is 2.84 bits per heavy atom. The van der Waals surface area contributed by atoms with Crippen molar-refractivity contribution in [1.82, 2.24) is 20.4 Å². The minimum atomic E-state index is -0.483. The Balaban J connectivity index is 1.93. The molecule has 2 heterocycles. The summed E-state index contributed by atoms with van der Waals surface area (Å²) >= 11 is 0. The smallest absolute Gasteiger partial charge is 0.228 e. The maximum Gasteiger partial charge on any atom is 0.228 e. The molecule has 0 aliphatic carbocycles. The van der Waals surface area contributed by atoms with Crippen LogP contribution in [-0.2, 0) is 16.1 Å². The predicted molar refractivity (Wildman–Crippen MR) is 70.1 cm³/mol. The number of carbonyl (C=O) groups excluding carboxylic acids is 2. The molecule has 6 nitrogen and oxygen atoms in total. The van der Waals surface area contributed by atoms with Crippen LogP contribution in [0.2, 0.25) is 0 Å². The fraction of sp³-hybridized carbons (Fsp3) is 0.615. The summed E-state index contributed by atoms with van der Waals surface area (Å²) < 4.78 is 0. The van der Waals surface area contributed by atoms with Gasteiger partial charge in [0.2, 0.25) is 11.8 Å². The molecule has 1 aromatic rings. The van der Waals surface area contributed by atoms with E-state index in [0.717, 1.165) is 11.3 Å². The summed E-state index contributed by atoms with van der Waals surface area (Å²) in [7, 11) is 0. The lowest BCUT2D eigenvalue weighted by Gasteiger charge is -2.23. The first-order chi connectivity index (χ1) is 8.92. The van der Waals surface area contributed by atoms with Crippen molar-refractivity contribution >= 4 is 11.8 Å². The molecule has 2 N–H and O–H groups in total. The highest BCUT2D eigenvalue weighted by molar-refractivity contribution is 5.84. The molecule has 1 unspecified atom stereocenters. The molecule has 1 fully saturated rings. The molecule has 1 saturated heterocycles. The van der Waals surface area contributed by atoms with Crippen LogP contribution in [0, 0.1) is 12.3 Å². The Labute approximate surface area is 112 Å². The van der Waals surface area contributed by atoms with Crippen molar-refractivity contribution in [1.29, 1.82) is 0 Å². The highest BCUT2D eigenvalue weighted by atomic mass is 16.2. The summed E-state index contributed by atoms with van der Waals surface area (Å²) in [4.78, 5) is 25.3. The van der Waals surface area contributed by atoms with Crippen LogP contribution in [0.5, 0.6) is 0 Å². The van der Waals surface area contributed by atoms with Crippen molar-refractivity contribution in [2.75, 3.05) is 13.1 Å². The summed E-state index contributed by atoms with van der Waals surface area (Å²) in [5.41, 5.74) is 1.46. The third kappa shape index (κ3) is 2.77. The second-order valence-corrected chi connectivity index (χ2v) is 5.45. The molecule has 0 bridgehead atoms. The van der Waals surface area contributed by atoms with Crippen LogP contribution in [0.15, 0.2) is 6.20 Å². The molecule has 6 heteroatoms. The molecule has 0 radical (unpaired) electrons. The maximum atomic E-state index is 12.3. The van der Waals surface area contributed by atoms with E-state index in [9.17, 15) is 9.59 Å². The first kappa shape index (κ1) is 13.6. The summed E-state index contributed by atoms with van der Waals surface area (Å²) in [5.74, 6) is 0.0269. The molecular weight excluding hydrogens is 244 g/mol. The molecule has 0 aromatic carbocycles. The molecule has 19 heavy (non-hydrogen) atoms. The van der Waals surface area contributed by atoms with Crippen LogP contribution in [-0.4, -0.2) is 40.0 Å². The Morgan fingerprint density at radius 1 is 1.58 bits per heavy atom. The van der Waals surface area contributed by atoms with Gasteiger partial charge in [-0.3, -0.25) is 14.7 Å². The van der Waals surface area contributed by atoms with Crippen LogP contribution >= 0.6 is 0 Å². The van der Waals surface area contributed by atoms with Crippen molar-refractivity contribution in [2.45, 2.75) is 33.7 Å². The first-order valence-electron chi connectivity index (χ1n) is 6.45. The number of likely N-dealkylation sites (tertiary alicyclic amines) is 1. The number of hydrogen-bond donors (Lipinski definition) is 2. The van der Waals surface area contributed by atoms with Crippen molar-refractivity contribution in [2.24, 2.45) is 5.41 Å². The Morgan fingerprint density at radius 2 is 2.32 bits per heavy atom. The zero-order valence-electron chi connectivity index (χ0n) is 11.6. The van der Waals surface area contributed by atoms with Crippen LogP contribution in [0.4, 0.5) is 0 Å². The zero-order chi connectivity index (χ0) is 14.0. The topological polar surface area (TPSA) is 78.1 Å². The van der Waals surface area contributed by atoms with Gasteiger partial charge in [-0.2, -0.15) is 5.10 Å². The van der Waals surface area contributed by atoms with Gasteiger partial charge in [-0.1, -0.05) is 0 Å². The Hall–Kier alpha value is -1.85. The maximum absolute atomic E-state index is 12.3. The molecule has 1 aromatic heterocycles. The van der Waals surface area contributed by atoms with E-state index in [-0.39, 0.29) is 11.8 Å². The third-order valence-electron chi connectivity index (χ3n) is 3.84. The van der Waals surface area contributed by atoms with Crippen LogP contribution < -0.4 is 5.32 Å². The normalized spacial score (nSPS) is 22.6. The SMILES string of the molecule is CC(=O)N1CCC(C)(C(=O)NCc2cn[nH]c2C)C1. The molecule has 1 aliphatic rings. The fourth-order valence-corrected chi connectivity index (χ4v) is 2.36. The number of rotatable bonds is 3. The monoisotopic (exact) mass is 264 g/mol. The summed E-state index contributed by atoms with van der Waals surface area (Å²) in [6.45, 7) is 6.99. The molecule has 104 valence electrons. The average molecular weight is 264 g/mol. The second-order valence-electron chi connectivity index (χ2n) is 5.45. The number of aromatic amines is 1. The summed E-state index contributed by atoms with van der Waals surface area (Å²) in [5, 5.41) is 9.69. The number of hydrogen-bond acceptors (Lipinski definition) is 3. The summed E-state index contributed by atoms with van der Waals surface area (Å²) in [6.07, 6.45) is 2.43. The van der Waals surface area contributed by atoms with Crippen molar-refractivity contribution in [3.63, 3.8) is 0 Å². The third-order valence-corrected chi connectivity index (χ3v) is 3.84. The van der Waals surface area contributed by atoms with Crippen molar-refractivity contribution in [3.8, 4) is 0 Å². The van der Waals surface area contributed by atoms with Gasteiger partial charge in [0, 0.05) is 37.8 Å². The molecule has 2 amide bonds. The molecular formula is C13H20N4O2. The summed E-state index contributed by atoms with van der Waals surface area (Å²) in [6, 6.07) is 0. The van der Waals surface area contributed by atoms with E-state index in [0.29, 0.717) is 26.1 Å². The minimum Gasteiger partial charge on any atom is -0.351 e. The van der Waals surface area contributed by atoms with Crippen LogP contribution in [0.25, 0.3) is 0 Å². The van der Waals surface area contributed by atoms with Crippen molar-refractivity contribution < 1.29 is 9.59 Å². The first-order valence-corrected chi connectivity index (χ1v) is 6.45. The lowest BCUT2D eigenvalue weighted by molar-refractivity contribution is -0.131. The largest absolute Gasteiger partial charge is 0.351 e. The van der Waals surface area contributed by atoms with E-state index in [1.165, 1.54) is 0 Å². The minimum absolute atomic E-state index is 0.00292. The number of H-pyrrole nitrogens is 1. The predicted octanol–water partition coefficient (Wildman–Crippen LogP) is 0.593. The number of amides is 2. The molecule has 1 atom stereocenters. The molecule has 1 aliphatic heterocycles. The van der Waals surface area contributed by atoms with E-state index in [2.05, 4.69) is 15.5 Å². The van der Waals surface area contributed by atoms with Gasteiger partial charge in [0.1, 0.15) is 0 Å². The highest BCUT2D eigenvalue weighted by Gasteiger charge is 2.41. The van der Waals surface area contributed by atoms with E-state index >= 15 is 0 Å². The standard InChI is InChI=1S/C13H20N4O2/c1-9-11(7-15-16-9)6-14-12(19)13(3)4-5-17(8-13)10(2)18/h7H,4-6,8H2,1-3H3,(H,14,19)(H,15,16). The van der Waals surface area contributed by atoms with Gasteiger partial charge in [0.25, 0.3) is 0 Å². The van der Waals surface area contributed by atoms with Gasteiger partial charge in [-0.25, -0.2) is 0 Å². The van der Waals surface area contributed by atoms with E-state index < -0.39 is 5.41 Å². The van der Waals surface area contributed by atoms with Crippen LogP contribution in [0.1, 0.15) is 31.5 Å². The van der Waals surface area contributed by atoms with Gasteiger partial charge >= 0.3 is 0 Å². The van der Waals surface area contributed by atoms with Crippen molar-refractivity contribution in [3.05, 3.63) is 17.5 Å². The van der Waals surface area contributed by atoms with E-state index in [1.807, 2.05) is 13.8 Å². The molecule has 0 spiro atoms. The van der Waals surface area contributed by atoms with Gasteiger partial charge < -0.3 is 10.2 Å². The van der Waals surface area contributed by atoms with Gasteiger partial charge in [-0.15, -0.1) is 0 Å². The van der Waals surface area contributed by atoms with Gasteiger partial charge in [-0.05, 0) is 20.3 Å².